The first-order valence-corrected chi connectivity index (χ1v) is 7.58. The fourth-order valence-electron chi connectivity index (χ4n) is 1.79. The molecule has 0 heterocycles. The largest absolute Gasteiger partial charge is 0.493 e. The second kappa shape index (κ2) is 7.50. The Morgan fingerprint density at radius 1 is 1.17 bits per heavy atom. The monoisotopic (exact) mass is 386 g/mol. The molecule has 0 unspecified atom stereocenters. The fourth-order valence-corrected chi connectivity index (χ4v) is 2.30. The van der Waals surface area contributed by atoms with Crippen molar-refractivity contribution in [2.24, 2.45) is 5.10 Å². The van der Waals surface area contributed by atoms with Crippen LogP contribution in [-0.2, 0) is 6.18 Å². The number of ether oxygens (including phenoxy) is 1. The maximum Gasteiger partial charge on any atom is 0.416 e. The zero-order valence-electron chi connectivity index (χ0n) is 12.2. The molecule has 23 heavy (non-hydrogen) atoms. The van der Waals surface area contributed by atoms with Crippen LogP contribution in [0.5, 0.6) is 5.75 Å². The number of anilines is 1. The molecule has 0 spiro atoms. The molecule has 0 aliphatic carbocycles. The van der Waals surface area contributed by atoms with Crippen LogP contribution in [0.15, 0.2) is 52.0 Å². The lowest BCUT2D eigenvalue weighted by Crippen LogP contribution is -2.04. The molecule has 0 radical (unpaired) electrons. The Kier molecular flexibility index (Phi) is 5.65. The van der Waals surface area contributed by atoms with Crippen LogP contribution >= 0.6 is 15.9 Å². The third-order valence-corrected chi connectivity index (χ3v) is 3.49. The van der Waals surface area contributed by atoms with Gasteiger partial charge in [-0.2, -0.15) is 18.3 Å². The van der Waals surface area contributed by atoms with Crippen LogP contribution < -0.4 is 10.2 Å². The van der Waals surface area contributed by atoms with Gasteiger partial charge in [-0.15, -0.1) is 0 Å². The number of benzene rings is 2. The molecular weight excluding hydrogens is 373 g/mol. The van der Waals surface area contributed by atoms with E-state index in [1.807, 2.05) is 25.1 Å². The van der Waals surface area contributed by atoms with Gasteiger partial charge in [0.05, 0.1) is 28.5 Å². The van der Waals surface area contributed by atoms with Crippen molar-refractivity contribution < 1.29 is 17.9 Å². The average Bonchev–Trinajstić information content (AvgIpc) is 2.50. The van der Waals surface area contributed by atoms with Crippen molar-refractivity contribution in [1.29, 1.82) is 0 Å². The molecule has 0 fully saturated rings. The standard InChI is InChI=1S/C16H14BrF3N2O/c1-2-23-15-8-3-11(9-14(15)17)10-21-22-13-6-4-12(5-7-13)16(18,19)20/h3-10,22H,2H2,1H3. The van der Waals surface area contributed by atoms with Crippen molar-refractivity contribution in [1.82, 2.24) is 0 Å². The van der Waals surface area contributed by atoms with E-state index in [0.29, 0.717) is 12.3 Å². The number of hydrogen-bond acceptors (Lipinski definition) is 3. The summed E-state index contributed by atoms with van der Waals surface area (Å²) in [5.41, 5.74) is 3.29. The van der Waals surface area contributed by atoms with Crippen LogP contribution in [0.4, 0.5) is 18.9 Å². The molecule has 0 atom stereocenters. The predicted octanol–water partition coefficient (Wildman–Crippen LogP) is 5.31. The van der Waals surface area contributed by atoms with E-state index in [-0.39, 0.29) is 0 Å². The van der Waals surface area contributed by atoms with Gasteiger partial charge in [-0.1, -0.05) is 0 Å². The van der Waals surface area contributed by atoms with Gasteiger partial charge in [0.2, 0.25) is 0 Å². The van der Waals surface area contributed by atoms with Gasteiger partial charge in [0.15, 0.2) is 0 Å². The van der Waals surface area contributed by atoms with Crippen LogP contribution in [0.3, 0.4) is 0 Å². The van der Waals surface area contributed by atoms with Gasteiger partial charge >= 0.3 is 6.18 Å². The van der Waals surface area contributed by atoms with Crippen molar-refractivity contribution in [2.75, 3.05) is 12.0 Å². The Balaban J connectivity index is 2.00. The molecule has 0 aliphatic rings. The number of hydrogen-bond donors (Lipinski definition) is 1. The van der Waals surface area contributed by atoms with Crippen molar-refractivity contribution in [3.63, 3.8) is 0 Å². The molecule has 3 nitrogen and oxygen atoms in total. The molecule has 2 aromatic rings. The van der Waals surface area contributed by atoms with Crippen molar-refractivity contribution in [3.05, 3.63) is 58.1 Å². The molecule has 0 aromatic heterocycles. The predicted molar refractivity (Wildman–Crippen MR) is 88.0 cm³/mol. The van der Waals surface area contributed by atoms with E-state index in [2.05, 4.69) is 26.5 Å². The van der Waals surface area contributed by atoms with E-state index in [1.54, 1.807) is 6.21 Å². The van der Waals surface area contributed by atoms with Crippen LogP contribution in [0.25, 0.3) is 0 Å². The number of nitrogens with zero attached hydrogens (tertiary/aromatic N) is 1. The van der Waals surface area contributed by atoms with Crippen LogP contribution in [0, 0.1) is 0 Å². The van der Waals surface area contributed by atoms with Crippen molar-refractivity contribution in [2.45, 2.75) is 13.1 Å². The highest BCUT2D eigenvalue weighted by molar-refractivity contribution is 9.10. The third-order valence-electron chi connectivity index (χ3n) is 2.88. The number of alkyl halides is 3. The molecule has 0 aliphatic heterocycles. The first kappa shape index (κ1) is 17.3. The molecule has 7 heteroatoms. The molecule has 0 bridgehead atoms. The highest BCUT2D eigenvalue weighted by Crippen LogP contribution is 2.29. The molecule has 0 amide bonds. The quantitative estimate of drug-likeness (QED) is 0.557. The van der Waals surface area contributed by atoms with Gasteiger partial charge in [-0.3, -0.25) is 5.43 Å². The Labute approximate surface area is 140 Å². The highest BCUT2D eigenvalue weighted by Gasteiger charge is 2.29. The second-order valence-corrected chi connectivity index (χ2v) is 5.42. The summed E-state index contributed by atoms with van der Waals surface area (Å²) in [6.45, 7) is 2.47. The Morgan fingerprint density at radius 2 is 1.87 bits per heavy atom. The molecule has 1 N–H and O–H groups in total. The summed E-state index contributed by atoms with van der Waals surface area (Å²) in [4.78, 5) is 0. The Morgan fingerprint density at radius 3 is 2.43 bits per heavy atom. The summed E-state index contributed by atoms with van der Waals surface area (Å²) in [6, 6.07) is 10.1. The zero-order valence-corrected chi connectivity index (χ0v) is 13.8. The first-order chi connectivity index (χ1) is 10.9. The van der Waals surface area contributed by atoms with Crippen molar-refractivity contribution >= 4 is 27.8 Å². The lowest BCUT2D eigenvalue weighted by atomic mass is 10.2. The number of rotatable bonds is 5. The summed E-state index contributed by atoms with van der Waals surface area (Å²) in [5, 5.41) is 4.00. The summed E-state index contributed by atoms with van der Waals surface area (Å²) >= 11 is 3.40. The summed E-state index contributed by atoms with van der Waals surface area (Å²) in [6.07, 6.45) is -2.77. The number of halogens is 4. The number of nitrogens with one attached hydrogen (secondary N) is 1. The van der Waals surface area contributed by atoms with Gasteiger partial charge < -0.3 is 4.74 Å². The normalized spacial score (nSPS) is 11.7. The van der Waals surface area contributed by atoms with Crippen LogP contribution in [-0.4, -0.2) is 12.8 Å². The minimum absolute atomic E-state index is 0.472. The third kappa shape index (κ3) is 4.99. The van der Waals surface area contributed by atoms with Gasteiger partial charge in [-0.25, -0.2) is 0 Å². The summed E-state index contributed by atoms with van der Waals surface area (Å²) < 4.78 is 43.6. The van der Waals surface area contributed by atoms with E-state index in [1.165, 1.54) is 12.1 Å². The molecule has 2 rings (SSSR count). The first-order valence-electron chi connectivity index (χ1n) is 6.79. The topological polar surface area (TPSA) is 33.6 Å². The van der Waals surface area contributed by atoms with Gasteiger partial charge in [0, 0.05) is 0 Å². The smallest absolute Gasteiger partial charge is 0.416 e. The van der Waals surface area contributed by atoms with Crippen molar-refractivity contribution in [3.8, 4) is 5.75 Å². The Hall–Kier alpha value is -2.02. The summed E-state index contributed by atoms with van der Waals surface area (Å²) in [7, 11) is 0. The average molecular weight is 387 g/mol. The van der Waals surface area contributed by atoms with Gasteiger partial charge in [0.1, 0.15) is 5.75 Å². The Bertz CT molecular complexity index is 685. The molecule has 122 valence electrons. The highest BCUT2D eigenvalue weighted by atomic mass is 79.9. The number of hydrazone groups is 1. The zero-order chi connectivity index (χ0) is 16.9. The lowest BCUT2D eigenvalue weighted by Gasteiger charge is -2.07. The minimum atomic E-state index is -4.34. The van der Waals surface area contributed by atoms with Gasteiger partial charge in [-0.05, 0) is 70.9 Å². The van der Waals surface area contributed by atoms with Crippen LogP contribution in [0.1, 0.15) is 18.1 Å². The van der Waals surface area contributed by atoms with Crippen LogP contribution in [0.2, 0.25) is 0 Å². The van der Waals surface area contributed by atoms with E-state index < -0.39 is 11.7 Å². The molecule has 0 saturated carbocycles. The van der Waals surface area contributed by atoms with E-state index >= 15 is 0 Å². The molecule has 2 aromatic carbocycles. The lowest BCUT2D eigenvalue weighted by molar-refractivity contribution is -0.137. The molecule has 0 saturated heterocycles. The maximum atomic E-state index is 12.5. The maximum absolute atomic E-state index is 12.5. The summed E-state index contributed by atoms with van der Waals surface area (Å²) in [5.74, 6) is 0.736. The SMILES string of the molecule is CCOc1ccc(C=NNc2ccc(C(F)(F)F)cc2)cc1Br. The van der Waals surface area contributed by atoms with E-state index in [9.17, 15) is 13.2 Å². The fraction of sp³-hybridized carbons (Fsp3) is 0.188. The van der Waals surface area contributed by atoms with E-state index in [4.69, 9.17) is 4.74 Å². The van der Waals surface area contributed by atoms with Gasteiger partial charge in [0.25, 0.3) is 0 Å². The second-order valence-electron chi connectivity index (χ2n) is 4.57. The molecular formula is C16H14BrF3N2O. The van der Waals surface area contributed by atoms with E-state index in [0.717, 1.165) is 27.9 Å². The minimum Gasteiger partial charge on any atom is -0.493 e.